The molecule has 21 heavy (non-hydrogen) atoms. The Morgan fingerprint density at radius 2 is 1.62 bits per heavy atom. The average Bonchev–Trinajstić information content (AvgIpc) is 2.82. The fraction of sp³-hybridized carbons (Fsp3) is 0.882. The van der Waals surface area contributed by atoms with Crippen LogP contribution in [-0.2, 0) is 9.53 Å². The number of hydrogen-bond donors (Lipinski definition) is 0. The quantitative estimate of drug-likeness (QED) is 0.775. The summed E-state index contributed by atoms with van der Waals surface area (Å²) in [6, 6.07) is -0.0965. The van der Waals surface area contributed by atoms with Crippen LogP contribution in [0.3, 0.4) is 0 Å². The SMILES string of the molecule is CC(=O)[C@H]1CC[C@@H](C2CCCCC2)N1C(=O)OC(C)(C)C. The van der Waals surface area contributed by atoms with Gasteiger partial charge in [-0.25, -0.2) is 4.79 Å². The van der Waals surface area contributed by atoms with E-state index >= 15 is 0 Å². The van der Waals surface area contributed by atoms with E-state index in [2.05, 4.69) is 0 Å². The number of likely N-dealkylation sites (tertiary alicyclic amines) is 1. The Hall–Kier alpha value is -1.06. The van der Waals surface area contributed by atoms with E-state index in [-0.39, 0.29) is 24.0 Å². The standard InChI is InChI=1S/C17H29NO3/c1-12(19)14-10-11-15(13-8-6-5-7-9-13)18(14)16(20)21-17(2,3)4/h13-15H,5-11H2,1-4H3/t14-,15+/m1/s1. The van der Waals surface area contributed by atoms with Crippen molar-refractivity contribution in [2.24, 2.45) is 5.92 Å². The fourth-order valence-corrected chi connectivity index (χ4v) is 3.80. The van der Waals surface area contributed by atoms with Gasteiger partial charge in [-0.3, -0.25) is 9.69 Å². The van der Waals surface area contributed by atoms with Crippen LogP contribution in [-0.4, -0.2) is 34.5 Å². The zero-order valence-electron chi connectivity index (χ0n) is 13.9. The van der Waals surface area contributed by atoms with E-state index in [1.807, 2.05) is 20.8 Å². The van der Waals surface area contributed by atoms with E-state index in [0.29, 0.717) is 5.92 Å². The van der Waals surface area contributed by atoms with Gasteiger partial charge in [-0.15, -0.1) is 0 Å². The minimum Gasteiger partial charge on any atom is -0.444 e. The van der Waals surface area contributed by atoms with Crippen molar-refractivity contribution in [3.63, 3.8) is 0 Å². The van der Waals surface area contributed by atoms with Crippen LogP contribution >= 0.6 is 0 Å². The second kappa shape index (κ2) is 6.37. The molecule has 0 aromatic heterocycles. The number of amides is 1. The molecular formula is C17H29NO3. The monoisotopic (exact) mass is 295 g/mol. The Kier molecular flexibility index (Phi) is 4.95. The van der Waals surface area contributed by atoms with Crippen LogP contribution in [0.15, 0.2) is 0 Å². The molecule has 0 radical (unpaired) electrons. The van der Waals surface area contributed by atoms with Crippen LogP contribution in [0.4, 0.5) is 4.79 Å². The number of rotatable bonds is 2. The molecule has 0 bridgehead atoms. The molecule has 0 aromatic carbocycles. The molecule has 0 N–H and O–H groups in total. The summed E-state index contributed by atoms with van der Waals surface area (Å²) in [6.45, 7) is 7.21. The maximum absolute atomic E-state index is 12.6. The first kappa shape index (κ1) is 16.3. The van der Waals surface area contributed by atoms with Crippen molar-refractivity contribution < 1.29 is 14.3 Å². The lowest BCUT2D eigenvalue weighted by atomic mass is 9.83. The van der Waals surface area contributed by atoms with Crippen molar-refractivity contribution in [3.05, 3.63) is 0 Å². The Morgan fingerprint density at radius 1 is 1.00 bits per heavy atom. The van der Waals surface area contributed by atoms with Gasteiger partial charge in [0.05, 0.1) is 6.04 Å². The molecule has 1 amide bonds. The largest absolute Gasteiger partial charge is 0.444 e. The highest BCUT2D eigenvalue weighted by atomic mass is 16.6. The first-order valence-corrected chi connectivity index (χ1v) is 8.31. The molecule has 4 heteroatoms. The smallest absolute Gasteiger partial charge is 0.411 e. The lowest BCUT2D eigenvalue weighted by Crippen LogP contribution is -2.49. The molecule has 1 saturated heterocycles. The molecule has 4 nitrogen and oxygen atoms in total. The number of carbonyl (C=O) groups excluding carboxylic acids is 2. The van der Waals surface area contributed by atoms with Gasteiger partial charge >= 0.3 is 6.09 Å². The molecule has 1 aliphatic carbocycles. The van der Waals surface area contributed by atoms with Crippen molar-refractivity contribution in [1.29, 1.82) is 0 Å². The van der Waals surface area contributed by atoms with Gasteiger partial charge in [-0.05, 0) is 59.3 Å². The van der Waals surface area contributed by atoms with E-state index < -0.39 is 5.60 Å². The van der Waals surface area contributed by atoms with Crippen molar-refractivity contribution in [3.8, 4) is 0 Å². The average molecular weight is 295 g/mol. The third kappa shape index (κ3) is 3.98. The number of carbonyl (C=O) groups is 2. The highest BCUT2D eigenvalue weighted by molar-refractivity contribution is 5.86. The molecule has 0 spiro atoms. The minimum atomic E-state index is -0.516. The summed E-state index contributed by atoms with van der Waals surface area (Å²) in [5.74, 6) is 0.620. The van der Waals surface area contributed by atoms with Gasteiger partial charge in [0.2, 0.25) is 0 Å². The summed E-state index contributed by atoms with van der Waals surface area (Å²) in [5, 5.41) is 0. The second-order valence-electron chi connectivity index (χ2n) is 7.56. The Labute approximate surface area is 128 Å². The second-order valence-corrected chi connectivity index (χ2v) is 7.56. The Balaban J connectivity index is 2.15. The maximum atomic E-state index is 12.6. The predicted molar refractivity (Wildman–Crippen MR) is 82.1 cm³/mol. The zero-order valence-corrected chi connectivity index (χ0v) is 13.9. The van der Waals surface area contributed by atoms with E-state index in [1.165, 1.54) is 32.1 Å². The number of hydrogen-bond acceptors (Lipinski definition) is 3. The van der Waals surface area contributed by atoms with Gasteiger partial charge in [0.15, 0.2) is 5.78 Å². The summed E-state index contributed by atoms with van der Waals surface area (Å²) in [6.07, 6.45) is 7.55. The van der Waals surface area contributed by atoms with E-state index in [0.717, 1.165) is 12.8 Å². The van der Waals surface area contributed by atoms with Crippen LogP contribution in [0.2, 0.25) is 0 Å². The van der Waals surface area contributed by atoms with Crippen molar-refractivity contribution in [1.82, 2.24) is 4.90 Å². The van der Waals surface area contributed by atoms with Gasteiger partial charge in [0, 0.05) is 6.04 Å². The lowest BCUT2D eigenvalue weighted by Gasteiger charge is -2.37. The molecule has 0 aromatic rings. The molecule has 1 heterocycles. The number of ketones is 1. The highest BCUT2D eigenvalue weighted by Gasteiger charge is 2.44. The molecule has 2 rings (SSSR count). The number of nitrogens with zero attached hydrogens (tertiary/aromatic N) is 1. The summed E-state index contributed by atoms with van der Waals surface area (Å²) in [5.41, 5.74) is -0.516. The molecular weight excluding hydrogens is 266 g/mol. The number of Topliss-reactive ketones (excluding diaryl/α,β-unsaturated/α-hetero) is 1. The Morgan fingerprint density at radius 3 is 2.14 bits per heavy atom. The van der Waals surface area contributed by atoms with Crippen LogP contribution in [0.5, 0.6) is 0 Å². The number of ether oxygens (including phenoxy) is 1. The predicted octanol–water partition coefficient (Wildman–Crippen LogP) is 3.92. The van der Waals surface area contributed by atoms with E-state index in [4.69, 9.17) is 4.74 Å². The maximum Gasteiger partial charge on any atom is 0.411 e. The summed E-state index contributed by atoms with van der Waals surface area (Å²) < 4.78 is 5.56. The summed E-state index contributed by atoms with van der Waals surface area (Å²) in [7, 11) is 0. The lowest BCUT2D eigenvalue weighted by molar-refractivity contribution is -0.122. The van der Waals surface area contributed by atoms with Crippen molar-refractivity contribution >= 4 is 11.9 Å². The topological polar surface area (TPSA) is 46.6 Å². The van der Waals surface area contributed by atoms with Gasteiger partial charge in [-0.2, -0.15) is 0 Å². The molecule has 0 unspecified atom stereocenters. The zero-order chi connectivity index (χ0) is 15.6. The molecule has 2 aliphatic rings. The third-order valence-corrected chi connectivity index (χ3v) is 4.70. The third-order valence-electron chi connectivity index (χ3n) is 4.70. The molecule has 1 saturated carbocycles. The van der Waals surface area contributed by atoms with Crippen LogP contribution in [0.1, 0.15) is 72.6 Å². The summed E-state index contributed by atoms with van der Waals surface area (Å²) in [4.78, 5) is 26.3. The molecule has 2 atom stereocenters. The molecule has 1 aliphatic heterocycles. The van der Waals surface area contributed by atoms with Crippen molar-refractivity contribution in [2.45, 2.75) is 90.3 Å². The first-order valence-electron chi connectivity index (χ1n) is 8.31. The fourth-order valence-electron chi connectivity index (χ4n) is 3.80. The first-order chi connectivity index (χ1) is 9.79. The minimum absolute atomic E-state index is 0.0826. The van der Waals surface area contributed by atoms with Gasteiger partial charge in [0.1, 0.15) is 5.60 Å². The van der Waals surface area contributed by atoms with Gasteiger partial charge in [-0.1, -0.05) is 19.3 Å². The van der Waals surface area contributed by atoms with Crippen molar-refractivity contribution in [2.75, 3.05) is 0 Å². The summed E-state index contributed by atoms with van der Waals surface area (Å²) >= 11 is 0. The van der Waals surface area contributed by atoms with E-state index in [1.54, 1.807) is 11.8 Å². The highest BCUT2D eigenvalue weighted by Crippen LogP contribution is 2.37. The van der Waals surface area contributed by atoms with E-state index in [9.17, 15) is 9.59 Å². The van der Waals surface area contributed by atoms with Crippen LogP contribution in [0.25, 0.3) is 0 Å². The Bertz CT molecular complexity index is 393. The molecule has 120 valence electrons. The van der Waals surface area contributed by atoms with Crippen LogP contribution in [0, 0.1) is 5.92 Å². The molecule has 2 fully saturated rings. The van der Waals surface area contributed by atoms with Gasteiger partial charge in [0.25, 0.3) is 0 Å². The van der Waals surface area contributed by atoms with Crippen LogP contribution < -0.4 is 0 Å². The van der Waals surface area contributed by atoms with Gasteiger partial charge < -0.3 is 4.74 Å². The normalized spacial score (nSPS) is 27.7.